The number of esters is 1. The lowest BCUT2D eigenvalue weighted by atomic mass is 10.2. The van der Waals surface area contributed by atoms with E-state index in [1.54, 1.807) is 48.5 Å². The molecular weight excluding hydrogens is 407 g/mol. The fourth-order valence-electron chi connectivity index (χ4n) is 2.58. The highest BCUT2D eigenvalue weighted by molar-refractivity contribution is 7.99. The van der Waals surface area contributed by atoms with Crippen LogP contribution in [0.2, 0.25) is 0 Å². The van der Waals surface area contributed by atoms with E-state index >= 15 is 0 Å². The third-order valence-corrected chi connectivity index (χ3v) is 5.10. The minimum absolute atomic E-state index is 0.289. The van der Waals surface area contributed by atoms with Gasteiger partial charge in [-0.15, -0.1) is 0 Å². The Balaban J connectivity index is 1.84. The third kappa shape index (κ3) is 5.51. The molecule has 3 aromatic carbocycles. The van der Waals surface area contributed by atoms with Crippen molar-refractivity contribution in [3.8, 4) is 5.75 Å². The van der Waals surface area contributed by atoms with Crippen molar-refractivity contribution in [1.29, 1.82) is 0 Å². The summed E-state index contributed by atoms with van der Waals surface area (Å²) >= 11 is 1.32. The second-order valence-electron chi connectivity index (χ2n) is 6.07. The number of urea groups is 1. The van der Waals surface area contributed by atoms with Crippen LogP contribution in [0.5, 0.6) is 5.75 Å². The van der Waals surface area contributed by atoms with Crippen molar-refractivity contribution in [3.05, 3.63) is 78.1 Å². The van der Waals surface area contributed by atoms with Crippen LogP contribution < -0.4 is 15.4 Å². The van der Waals surface area contributed by atoms with Gasteiger partial charge in [-0.2, -0.15) is 0 Å². The molecule has 0 aliphatic carbocycles. The van der Waals surface area contributed by atoms with Crippen LogP contribution in [0.3, 0.4) is 0 Å². The first-order valence-electron chi connectivity index (χ1n) is 8.86. The highest BCUT2D eigenvalue weighted by Gasteiger charge is 2.14. The van der Waals surface area contributed by atoms with Gasteiger partial charge >= 0.3 is 12.0 Å². The number of benzene rings is 3. The number of halogens is 1. The van der Waals surface area contributed by atoms with E-state index in [1.165, 1.54) is 44.2 Å². The second-order valence-corrected chi connectivity index (χ2v) is 7.18. The SMILES string of the molecule is COC(=O)c1ccc(Sc2ccc(F)cc2)c(NC(=O)Nc2cccc(OC)c2)c1. The Morgan fingerprint density at radius 3 is 2.40 bits per heavy atom. The lowest BCUT2D eigenvalue weighted by Gasteiger charge is -2.13. The summed E-state index contributed by atoms with van der Waals surface area (Å²) < 4.78 is 23.1. The standard InChI is InChI=1S/C22H19FN2O4S/c1-28-17-5-3-4-16(13-17)24-22(27)25-19-12-14(21(26)29-2)6-11-20(19)30-18-9-7-15(23)8-10-18/h3-13H,1-2H3,(H2,24,25,27). The van der Waals surface area contributed by atoms with Crippen molar-refractivity contribution in [2.75, 3.05) is 24.9 Å². The molecule has 0 aliphatic heterocycles. The summed E-state index contributed by atoms with van der Waals surface area (Å²) in [5.41, 5.74) is 1.24. The molecule has 0 unspecified atom stereocenters. The van der Waals surface area contributed by atoms with Crippen LogP contribution in [-0.4, -0.2) is 26.2 Å². The van der Waals surface area contributed by atoms with Gasteiger partial charge in [0.25, 0.3) is 0 Å². The number of amides is 2. The number of hydrogen-bond acceptors (Lipinski definition) is 5. The van der Waals surface area contributed by atoms with E-state index in [4.69, 9.17) is 9.47 Å². The number of hydrogen-bond donors (Lipinski definition) is 2. The molecule has 6 nitrogen and oxygen atoms in total. The molecule has 3 aromatic rings. The number of methoxy groups -OCH3 is 2. The summed E-state index contributed by atoms with van der Waals surface area (Å²) in [4.78, 5) is 25.9. The highest BCUT2D eigenvalue weighted by Crippen LogP contribution is 2.34. The summed E-state index contributed by atoms with van der Waals surface area (Å²) in [6, 6.07) is 17.2. The van der Waals surface area contributed by atoms with E-state index < -0.39 is 12.0 Å². The molecule has 0 saturated carbocycles. The van der Waals surface area contributed by atoms with Gasteiger partial charge in [0.2, 0.25) is 0 Å². The molecule has 2 N–H and O–H groups in total. The molecule has 0 fully saturated rings. The molecule has 0 radical (unpaired) electrons. The first-order chi connectivity index (χ1) is 14.5. The first kappa shape index (κ1) is 21.2. The number of anilines is 2. The maximum absolute atomic E-state index is 13.2. The van der Waals surface area contributed by atoms with Crippen LogP contribution in [-0.2, 0) is 4.74 Å². The van der Waals surface area contributed by atoms with Gasteiger partial charge in [0.1, 0.15) is 11.6 Å². The molecule has 0 spiro atoms. The van der Waals surface area contributed by atoms with Crippen molar-refractivity contribution < 1.29 is 23.5 Å². The zero-order valence-corrected chi connectivity index (χ0v) is 17.1. The zero-order chi connectivity index (χ0) is 21.5. The molecule has 0 aliphatic rings. The van der Waals surface area contributed by atoms with Crippen molar-refractivity contribution in [3.63, 3.8) is 0 Å². The number of rotatable bonds is 6. The minimum atomic E-state index is -0.524. The molecule has 2 amide bonds. The lowest BCUT2D eigenvalue weighted by Crippen LogP contribution is -2.20. The zero-order valence-electron chi connectivity index (χ0n) is 16.3. The van der Waals surface area contributed by atoms with Gasteiger partial charge in [-0.25, -0.2) is 14.0 Å². The smallest absolute Gasteiger partial charge is 0.337 e. The number of carbonyl (C=O) groups excluding carboxylic acids is 2. The van der Waals surface area contributed by atoms with Crippen LogP contribution in [0.4, 0.5) is 20.6 Å². The summed E-state index contributed by atoms with van der Waals surface area (Å²) in [6.07, 6.45) is 0. The summed E-state index contributed by atoms with van der Waals surface area (Å²) in [6.45, 7) is 0. The largest absolute Gasteiger partial charge is 0.497 e. The van der Waals surface area contributed by atoms with Crippen molar-refractivity contribution in [2.45, 2.75) is 9.79 Å². The Morgan fingerprint density at radius 1 is 0.933 bits per heavy atom. The van der Waals surface area contributed by atoms with Gasteiger partial charge < -0.3 is 20.1 Å². The van der Waals surface area contributed by atoms with E-state index in [0.717, 1.165) is 4.90 Å². The van der Waals surface area contributed by atoms with Gasteiger partial charge in [0, 0.05) is 21.5 Å². The van der Waals surface area contributed by atoms with Crippen LogP contribution in [0.15, 0.2) is 76.5 Å². The lowest BCUT2D eigenvalue weighted by molar-refractivity contribution is 0.0600. The van der Waals surface area contributed by atoms with E-state index in [0.29, 0.717) is 22.0 Å². The Bertz CT molecular complexity index is 1060. The van der Waals surface area contributed by atoms with Crippen LogP contribution in [0.25, 0.3) is 0 Å². The van der Waals surface area contributed by atoms with Crippen molar-refractivity contribution >= 4 is 35.1 Å². The Morgan fingerprint density at radius 2 is 1.70 bits per heavy atom. The molecule has 0 atom stereocenters. The fraction of sp³-hybridized carbons (Fsp3) is 0.0909. The maximum atomic E-state index is 13.2. The normalized spacial score (nSPS) is 10.2. The highest BCUT2D eigenvalue weighted by atomic mass is 32.2. The minimum Gasteiger partial charge on any atom is -0.497 e. The van der Waals surface area contributed by atoms with Gasteiger partial charge in [-0.3, -0.25) is 0 Å². The van der Waals surface area contributed by atoms with Crippen LogP contribution >= 0.6 is 11.8 Å². The molecule has 8 heteroatoms. The quantitative estimate of drug-likeness (QED) is 0.515. The average molecular weight is 426 g/mol. The molecule has 3 rings (SSSR count). The fourth-order valence-corrected chi connectivity index (χ4v) is 3.46. The molecule has 0 aromatic heterocycles. The van der Waals surface area contributed by atoms with Gasteiger partial charge in [-0.05, 0) is 54.6 Å². The summed E-state index contributed by atoms with van der Waals surface area (Å²) in [5.74, 6) is -0.256. The molecule has 0 heterocycles. The summed E-state index contributed by atoms with van der Waals surface area (Å²) in [7, 11) is 2.82. The predicted octanol–water partition coefficient (Wildman–Crippen LogP) is 5.42. The van der Waals surface area contributed by atoms with Crippen molar-refractivity contribution in [2.24, 2.45) is 0 Å². The Hall–Kier alpha value is -3.52. The molecule has 154 valence electrons. The van der Waals surface area contributed by atoms with Crippen LogP contribution in [0.1, 0.15) is 10.4 Å². The van der Waals surface area contributed by atoms with E-state index in [9.17, 15) is 14.0 Å². The van der Waals surface area contributed by atoms with E-state index in [2.05, 4.69) is 10.6 Å². The predicted molar refractivity (Wildman–Crippen MR) is 114 cm³/mol. The van der Waals surface area contributed by atoms with Crippen molar-refractivity contribution in [1.82, 2.24) is 0 Å². The third-order valence-electron chi connectivity index (χ3n) is 4.02. The molecular formula is C22H19FN2O4S. The average Bonchev–Trinajstić information content (AvgIpc) is 2.76. The summed E-state index contributed by atoms with van der Waals surface area (Å²) in [5, 5.41) is 5.48. The Labute approximate surface area is 177 Å². The Kier molecular flexibility index (Phi) is 6.92. The molecule has 0 saturated heterocycles. The monoisotopic (exact) mass is 426 g/mol. The van der Waals surface area contributed by atoms with Gasteiger partial charge in [0.15, 0.2) is 0 Å². The second kappa shape index (κ2) is 9.80. The van der Waals surface area contributed by atoms with Gasteiger partial charge in [-0.1, -0.05) is 17.8 Å². The van der Waals surface area contributed by atoms with E-state index in [-0.39, 0.29) is 11.4 Å². The van der Waals surface area contributed by atoms with Gasteiger partial charge in [0.05, 0.1) is 25.5 Å². The van der Waals surface area contributed by atoms with E-state index in [1.807, 2.05) is 0 Å². The first-order valence-corrected chi connectivity index (χ1v) is 9.68. The maximum Gasteiger partial charge on any atom is 0.337 e. The number of carbonyl (C=O) groups is 2. The number of ether oxygens (including phenoxy) is 2. The number of nitrogens with one attached hydrogen (secondary N) is 2. The molecule has 30 heavy (non-hydrogen) atoms. The topological polar surface area (TPSA) is 76.7 Å². The molecule has 0 bridgehead atoms. The van der Waals surface area contributed by atoms with Crippen LogP contribution in [0, 0.1) is 5.82 Å².